The lowest BCUT2D eigenvalue weighted by molar-refractivity contribution is 0.332. The normalized spacial score (nSPS) is 17.1. The van der Waals surface area contributed by atoms with E-state index in [1.165, 1.54) is 128 Å². The third-order valence-corrected chi connectivity index (χ3v) is 17.8. The Bertz CT molecular complexity index is 3500. The van der Waals surface area contributed by atoms with Crippen LogP contribution in [0.25, 0.3) is 53.6 Å². The summed E-state index contributed by atoms with van der Waals surface area (Å²) in [5.41, 5.74) is 23.9. The van der Waals surface area contributed by atoms with Gasteiger partial charge in [-0.05, 0) is 170 Å². The third-order valence-electron chi connectivity index (χ3n) is 16.7. The number of anilines is 5. The van der Waals surface area contributed by atoms with Crippen molar-refractivity contribution in [2.75, 3.05) is 10.2 Å². The van der Waals surface area contributed by atoms with Crippen LogP contribution in [0.1, 0.15) is 109 Å². The van der Waals surface area contributed by atoms with Gasteiger partial charge in [-0.2, -0.15) is 0 Å². The van der Waals surface area contributed by atoms with Crippen LogP contribution in [0.5, 0.6) is 0 Å². The predicted molar refractivity (Wildman–Crippen MR) is 302 cm³/mol. The van der Waals surface area contributed by atoms with Gasteiger partial charge in [-0.25, -0.2) is 0 Å². The van der Waals surface area contributed by atoms with E-state index in [-0.39, 0.29) is 21.7 Å². The molecule has 0 spiro atoms. The Kier molecular flexibility index (Phi) is 10.1. The van der Waals surface area contributed by atoms with Gasteiger partial charge < -0.3 is 10.2 Å². The van der Waals surface area contributed by atoms with E-state index in [1.54, 1.807) is 0 Å². The molecule has 1 aliphatic heterocycles. The van der Waals surface area contributed by atoms with Crippen LogP contribution in [0.4, 0.5) is 28.4 Å². The molecule has 9 aromatic rings. The zero-order valence-electron chi connectivity index (χ0n) is 41.9. The lowest BCUT2D eigenvalue weighted by Crippen LogP contribution is -2.44. The molecule has 342 valence electrons. The smallest absolute Gasteiger partial charge is 0.198 e. The first-order valence-electron chi connectivity index (χ1n) is 25.3. The standard InChI is InChI=1S/C65H63BN2S/c1-40-34-44(42-20-14-11-15-21-42)26-29-55(40)68-56-39-52-50(63(4,5)31-33-65(52,8)9)37-53(56)66-60-48(36-58-59(61(60)68)46-22-16-17-23-57(46)69-58)47-35-49-51(64(6,7)32-30-62(49,2)3)38-54(47)67-45-27-24-43(25-28-45)41-18-12-10-13-19-41/h10-29,34-39,66-67H,30-33H2,1-9H3. The van der Waals surface area contributed by atoms with Gasteiger partial charge in [-0.1, -0.05) is 164 Å². The minimum Gasteiger partial charge on any atom is -0.355 e. The highest BCUT2D eigenvalue weighted by atomic mass is 32.1. The average Bonchev–Trinajstić information content (AvgIpc) is 3.72. The predicted octanol–water partition coefficient (Wildman–Crippen LogP) is 17.0. The zero-order valence-corrected chi connectivity index (χ0v) is 42.7. The number of hydrogen-bond donors (Lipinski definition) is 1. The van der Waals surface area contributed by atoms with E-state index in [0.717, 1.165) is 25.8 Å². The van der Waals surface area contributed by atoms with Gasteiger partial charge in [-0.3, -0.25) is 0 Å². The van der Waals surface area contributed by atoms with Gasteiger partial charge >= 0.3 is 0 Å². The summed E-state index contributed by atoms with van der Waals surface area (Å²) in [6.45, 7) is 22.1. The van der Waals surface area contributed by atoms with E-state index in [9.17, 15) is 0 Å². The molecule has 0 unspecified atom stereocenters. The van der Waals surface area contributed by atoms with E-state index in [2.05, 4.69) is 230 Å². The summed E-state index contributed by atoms with van der Waals surface area (Å²) < 4.78 is 2.65. The highest BCUT2D eigenvalue weighted by Gasteiger charge is 2.42. The topological polar surface area (TPSA) is 15.3 Å². The van der Waals surface area contributed by atoms with Gasteiger partial charge in [0, 0.05) is 48.5 Å². The summed E-state index contributed by atoms with van der Waals surface area (Å²) >= 11 is 1.94. The number of nitrogens with zero attached hydrogens (tertiary/aromatic N) is 1. The number of benzene rings is 8. The van der Waals surface area contributed by atoms with Crippen LogP contribution in [0, 0.1) is 6.92 Å². The van der Waals surface area contributed by atoms with Crippen molar-refractivity contribution >= 4 is 78.2 Å². The van der Waals surface area contributed by atoms with Gasteiger partial charge in [-0.15, -0.1) is 11.3 Å². The Morgan fingerprint density at radius 3 is 1.65 bits per heavy atom. The van der Waals surface area contributed by atoms with Crippen molar-refractivity contribution in [1.82, 2.24) is 0 Å². The molecule has 0 radical (unpaired) electrons. The zero-order chi connectivity index (χ0) is 47.6. The first-order valence-corrected chi connectivity index (χ1v) is 26.1. The molecule has 4 heteroatoms. The van der Waals surface area contributed by atoms with Crippen molar-refractivity contribution in [1.29, 1.82) is 0 Å². The molecule has 0 bridgehead atoms. The molecule has 0 fully saturated rings. The van der Waals surface area contributed by atoms with Crippen LogP contribution >= 0.6 is 11.3 Å². The second kappa shape index (κ2) is 15.8. The fourth-order valence-corrected chi connectivity index (χ4v) is 13.5. The number of aryl methyl sites for hydroxylation is 1. The van der Waals surface area contributed by atoms with Crippen molar-refractivity contribution in [3.05, 3.63) is 186 Å². The number of rotatable bonds is 6. The molecule has 1 N–H and O–H groups in total. The summed E-state index contributed by atoms with van der Waals surface area (Å²) in [4.78, 5) is 2.71. The lowest BCUT2D eigenvalue weighted by atomic mass is 9.54. The number of hydrogen-bond acceptors (Lipinski definition) is 3. The molecule has 2 nitrogen and oxygen atoms in total. The van der Waals surface area contributed by atoms with E-state index in [4.69, 9.17) is 0 Å². The molecule has 3 aliphatic rings. The van der Waals surface area contributed by atoms with Gasteiger partial charge in [0.2, 0.25) is 0 Å². The Morgan fingerprint density at radius 2 is 1.01 bits per heavy atom. The monoisotopic (exact) mass is 914 g/mol. The van der Waals surface area contributed by atoms with Crippen LogP contribution in [-0.4, -0.2) is 7.28 Å². The minimum absolute atomic E-state index is 0.0327. The fraction of sp³-hybridized carbons (Fsp3) is 0.262. The third kappa shape index (κ3) is 7.27. The lowest BCUT2D eigenvalue weighted by Gasteiger charge is -2.45. The van der Waals surface area contributed by atoms with E-state index >= 15 is 0 Å². The molecular formula is C65H63BN2S. The van der Waals surface area contributed by atoms with Crippen molar-refractivity contribution in [2.45, 2.75) is 110 Å². The maximum absolute atomic E-state index is 4.09. The summed E-state index contributed by atoms with van der Waals surface area (Å²) in [5, 5.41) is 6.78. The largest absolute Gasteiger partial charge is 0.355 e. The highest BCUT2D eigenvalue weighted by Crippen LogP contribution is 2.54. The minimum atomic E-state index is 0.0327. The van der Waals surface area contributed by atoms with Gasteiger partial charge in [0.1, 0.15) is 0 Å². The van der Waals surface area contributed by atoms with Crippen LogP contribution in [0.2, 0.25) is 0 Å². The maximum Gasteiger partial charge on any atom is 0.198 e. The molecule has 12 rings (SSSR count). The van der Waals surface area contributed by atoms with Crippen molar-refractivity contribution in [3.63, 3.8) is 0 Å². The number of nitrogens with one attached hydrogen (secondary N) is 1. The van der Waals surface area contributed by atoms with Gasteiger partial charge in [0.05, 0.1) is 5.69 Å². The summed E-state index contributed by atoms with van der Waals surface area (Å²) in [5.74, 6) is 0. The molecule has 2 aliphatic carbocycles. The Labute approximate surface area is 414 Å². The maximum atomic E-state index is 4.09. The van der Waals surface area contributed by atoms with Crippen molar-refractivity contribution in [2.24, 2.45) is 0 Å². The molecule has 0 amide bonds. The number of fused-ring (bicyclic) bond motifs is 8. The summed E-state index contributed by atoms with van der Waals surface area (Å²) in [6, 6.07) is 59.9. The number of thiophene rings is 1. The van der Waals surface area contributed by atoms with Gasteiger partial charge in [0.25, 0.3) is 0 Å². The molecular weight excluding hydrogens is 852 g/mol. The SMILES string of the molecule is Cc1cc(-c2ccccc2)ccc1N1c2cc3c(cc2Bc2c(-c4cc5c(cc4Nc4ccc(-c6ccccc6)cc4)C(C)(C)CCC5(C)C)cc4sc5ccccc5c4c21)C(C)(C)CCC3(C)C. The summed E-state index contributed by atoms with van der Waals surface area (Å²) in [6.07, 6.45) is 4.67. The Hall–Kier alpha value is -6.36. The molecule has 0 saturated carbocycles. The van der Waals surface area contributed by atoms with Crippen LogP contribution in [-0.2, 0) is 21.7 Å². The first kappa shape index (κ1) is 43.9. The molecule has 69 heavy (non-hydrogen) atoms. The Morgan fingerprint density at radius 1 is 0.478 bits per heavy atom. The van der Waals surface area contributed by atoms with E-state index in [0.29, 0.717) is 0 Å². The van der Waals surface area contributed by atoms with Gasteiger partial charge in [0.15, 0.2) is 7.28 Å². The fourth-order valence-electron chi connectivity index (χ4n) is 12.3. The second-order valence-electron chi connectivity index (χ2n) is 23.2. The molecule has 2 heterocycles. The van der Waals surface area contributed by atoms with Crippen LogP contribution in [0.15, 0.2) is 158 Å². The molecule has 0 atom stereocenters. The molecule has 1 aromatic heterocycles. The van der Waals surface area contributed by atoms with Crippen LogP contribution < -0.4 is 21.1 Å². The van der Waals surface area contributed by atoms with Crippen molar-refractivity contribution < 1.29 is 0 Å². The second-order valence-corrected chi connectivity index (χ2v) is 24.3. The molecule has 8 aromatic carbocycles. The Balaban J connectivity index is 1.16. The van der Waals surface area contributed by atoms with E-state index in [1.807, 2.05) is 11.3 Å². The quantitative estimate of drug-likeness (QED) is 0.167. The molecule has 0 saturated heterocycles. The highest BCUT2D eigenvalue weighted by molar-refractivity contribution is 7.26. The first-order chi connectivity index (χ1) is 33.1. The van der Waals surface area contributed by atoms with Crippen LogP contribution in [0.3, 0.4) is 0 Å². The average molecular weight is 915 g/mol. The summed E-state index contributed by atoms with van der Waals surface area (Å²) in [7, 11) is 0.846. The van der Waals surface area contributed by atoms with E-state index < -0.39 is 0 Å². The van der Waals surface area contributed by atoms with Crippen molar-refractivity contribution in [3.8, 4) is 33.4 Å².